The van der Waals surface area contributed by atoms with E-state index in [2.05, 4.69) is 33.8 Å². The smallest absolute Gasteiger partial charge is 0.150 e. The molecule has 30 heavy (non-hydrogen) atoms. The second-order valence-electron chi connectivity index (χ2n) is 8.10. The Morgan fingerprint density at radius 2 is 1.80 bits per heavy atom. The van der Waals surface area contributed by atoms with E-state index in [4.69, 9.17) is 0 Å². The molecule has 2 heterocycles. The summed E-state index contributed by atoms with van der Waals surface area (Å²) in [7, 11) is 0. The fraction of sp³-hybridized carbons (Fsp3) is 0.320. The summed E-state index contributed by atoms with van der Waals surface area (Å²) in [5.74, 6) is -0.876. The van der Waals surface area contributed by atoms with Crippen molar-refractivity contribution in [1.82, 2.24) is 14.1 Å². The summed E-state index contributed by atoms with van der Waals surface area (Å²) in [6.07, 6.45) is 11.1. The maximum atomic E-state index is 15.1. The Hall–Kier alpha value is -2.95. The summed E-state index contributed by atoms with van der Waals surface area (Å²) in [5.41, 5.74) is 5.70. The van der Waals surface area contributed by atoms with Crippen LogP contribution in [-0.2, 0) is 25.8 Å². The lowest BCUT2D eigenvalue weighted by Crippen LogP contribution is -2.06. The number of hydrogen-bond acceptors (Lipinski definition) is 1. The van der Waals surface area contributed by atoms with Crippen molar-refractivity contribution in [3.63, 3.8) is 0 Å². The highest BCUT2D eigenvalue weighted by Gasteiger charge is 2.25. The van der Waals surface area contributed by atoms with Crippen LogP contribution in [0.2, 0.25) is 0 Å². The van der Waals surface area contributed by atoms with Crippen LogP contribution in [0.5, 0.6) is 0 Å². The SMILES string of the molecule is CCc1c(F)cc(F)c2c1c1c(n2Cc2ccc(-n3ccnc3)cc2)CCCCC1. The normalized spacial score (nSPS) is 14.1. The van der Waals surface area contributed by atoms with Gasteiger partial charge >= 0.3 is 0 Å². The lowest BCUT2D eigenvalue weighted by molar-refractivity contribution is 0.576. The van der Waals surface area contributed by atoms with Crippen LogP contribution in [0.1, 0.15) is 48.6 Å². The number of fused-ring (bicyclic) bond motifs is 3. The van der Waals surface area contributed by atoms with Gasteiger partial charge in [-0.2, -0.15) is 0 Å². The second kappa shape index (κ2) is 7.71. The first-order valence-corrected chi connectivity index (χ1v) is 10.8. The predicted molar refractivity (Wildman–Crippen MR) is 115 cm³/mol. The number of aromatic nitrogens is 3. The minimum absolute atomic E-state index is 0.420. The molecule has 1 aliphatic carbocycles. The Bertz CT molecular complexity index is 1190. The van der Waals surface area contributed by atoms with Gasteiger partial charge in [-0.05, 0) is 60.9 Å². The van der Waals surface area contributed by atoms with E-state index < -0.39 is 11.6 Å². The third-order valence-corrected chi connectivity index (χ3v) is 6.33. The maximum absolute atomic E-state index is 15.1. The van der Waals surface area contributed by atoms with Crippen LogP contribution in [-0.4, -0.2) is 14.1 Å². The molecule has 5 heteroatoms. The van der Waals surface area contributed by atoms with Crippen LogP contribution in [0.4, 0.5) is 8.78 Å². The minimum Gasteiger partial charge on any atom is -0.338 e. The van der Waals surface area contributed by atoms with Gasteiger partial charge in [-0.15, -0.1) is 0 Å². The van der Waals surface area contributed by atoms with Crippen LogP contribution in [0.15, 0.2) is 49.1 Å². The zero-order valence-corrected chi connectivity index (χ0v) is 17.2. The quantitative estimate of drug-likeness (QED) is 0.383. The number of imidazole rings is 1. The summed E-state index contributed by atoms with van der Waals surface area (Å²) in [4.78, 5) is 4.09. The Balaban J connectivity index is 1.64. The number of benzene rings is 2. The summed E-state index contributed by atoms with van der Waals surface area (Å²) >= 11 is 0. The Morgan fingerprint density at radius 1 is 1.00 bits per heavy atom. The van der Waals surface area contributed by atoms with E-state index in [9.17, 15) is 4.39 Å². The molecule has 0 saturated heterocycles. The Morgan fingerprint density at radius 3 is 2.53 bits per heavy atom. The molecule has 2 aromatic carbocycles. The third kappa shape index (κ3) is 3.13. The summed E-state index contributed by atoms with van der Waals surface area (Å²) in [6.45, 7) is 2.53. The van der Waals surface area contributed by atoms with Crippen LogP contribution in [0.3, 0.4) is 0 Å². The lowest BCUT2D eigenvalue weighted by atomic mass is 9.99. The van der Waals surface area contributed by atoms with Crippen molar-refractivity contribution in [1.29, 1.82) is 0 Å². The van der Waals surface area contributed by atoms with Crippen molar-refractivity contribution in [2.24, 2.45) is 0 Å². The Labute approximate surface area is 175 Å². The summed E-state index contributed by atoms with van der Waals surface area (Å²) in [5, 5.41) is 0.821. The van der Waals surface area contributed by atoms with Gasteiger partial charge in [-0.1, -0.05) is 25.5 Å². The van der Waals surface area contributed by atoms with Crippen molar-refractivity contribution in [3.8, 4) is 5.69 Å². The van der Waals surface area contributed by atoms with Crippen LogP contribution >= 0.6 is 0 Å². The van der Waals surface area contributed by atoms with Gasteiger partial charge < -0.3 is 9.13 Å². The standard InChI is InChI=1S/C25H25F2N3/c1-2-19-21(26)14-22(27)25-24(19)20-6-4-3-5-7-23(20)30(25)15-17-8-10-18(11-9-17)29-13-12-28-16-29/h8-14,16H,2-7,15H2,1H3. The topological polar surface area (TPSA) is 22.8 Å². The van der Waals surface area contributed by atoms with Gasteiger partial charge in [0, 0.05) is 41.8 Å². The molecule has 1 aliphatic rings. The highest BCUT2D eigenvalue weighted by Crippen LogP contribution is 2.37. The zero-order chi connectivity index (χ0) is 20.7. The van der Waals surface area contributed by atoms with Crippen molar-refractivity contribution in [3.05, 3.63) is 83.1 Å². The molecule has 0 atom stereocenters. The first kappa shape index (κ1) is 19.0. The molecule has 0 N–H and O–H groups in total. The molecule has 0 fully saturated rings. The van der Waals surface area contributed by atoms with Crippen molar-refractivity contribution in [2.45, 2.75) is 52.0 Å². The van der Waals surface area contributed by atoms with Crippen molar-refractivity contribution in [2.75, 3.05) is 0 Å². The molecule has 154 valence electrons. The van der Waals surface area contributed by atoms with Crippen LogP contribution < -0.4 is 0 Å². The Kier molecular flexibility index (Phi) is 4.89. The highest BCUT2D eigenvalue weighted by molar-refractivity contribution is 5.90. The third-order valence-electron chi connectivity index (χ3n) is 6.33. The van der Waals surface area contributed by atoms with E-state index >= 15 is 4.39 Å². The second-order valence-corrected chi connectivity index (χ2v) is 8.10. The van der Waals surface area contributed by atoms with E-state index in [1.165, 1.54) is 5.69 Å². The molecule has 5 rings (SSSR count). The fourth-order valence-electron chi connectivity index (χ4n) is 4.89. The van der Waals surface area contributed by atoms with Crippen LogP contribution in [0.25, 0.3) is 16.6 Å². The number of nitrogens with zero attached hydrogens (tertiary/aromatic N) is 3. The molecular formula is C25H25F2N3. The van der Waals surface area contributed by atoms with Gasteiger partial charge in [0.1, 0.15) is 11.6 Å². The summed E-state index contributed by atoms with van der Waals surface area (Å²) in [6, 6.07) is 9.32. The van der Waals surface area contributed by atoms with Gasteiger partial charge in [-0.25, -0.2) is 13.8 Å². The molecular weight excluding hydrogens is 380 g/mol. The largest absolute Gasteiger partial charge is 0.338 e. The van der Waals surface area contributed by atoms with E-state index in [-0.39, 0.29) is 0 Å². The molecule has 0 radical (unpaired) electrons. The molecule has 0 spiro atoms. The fourth-order valence-corrected chi connectivity index (χ4v) is 4.89. The van der Waals surface area contributed by atoms with Gasteiger partial charge in [0.25, 0.3) is 0 Å². The molecule has 0 aliphatic heterocycles. The highest BCUT2D eigenvalue weighted by atomic mass is 19.1. The maximum Gasteiger partial charge on any atom is 0.150 e. The number of halogens is 2. The van der Waals surface area contributed by atoms with Crippen molar-refractivity contribution < 1.29 is 8.78 Å². The molecule has 0 amide bonds. The lowest BCUT2D eigenvalue weighted by Gasteiger charge is -2.13. The summed E-state index contributed by atoms with van der Waals surface area (Å²) < 4.78 is 33.8. The number of rotatable bonds is 4. The number of aryl methyl sites for hydroxylation is 2. The molecule has 0 unspecified atom stereocenters. The van der Waals surface area contributed by atoms with Gasteiger partial charge in [0.2, 0.25) is 0 Å². The van der Waals surface area contributed by atoms with E-state index in [0.29, 0.717) is 24.0 Å². The predicted octanol–water partition coefficient (Wildman–Crippen LogP) is 5.98. The molecule has 2 aromatic heterocycles. The van der Waals surface area contributed by atoms with E-state index in [1.807, 2.05) is 17.7 Å². The average Bonchev–Trinajstić information content (AvgIpc) is 3.30. The average molecular weight is 405 g/mol. The number of hydrogen-bond donors (Lipinski definition) is 0. The van der Waals surface area contributed by atoms with Gasteiger partial charge in [0.05, 0.1) is 11.8 Å². The van der Waals surface area contributed by atoms with Crippen LogP contribution in [0, 0.1) is 11.6 Å². The zero-order valence-electron chi connectivity index (χ0n) is 17.2. The monoisotopic (exact) mass is 405 g/mol. The molecule has 0 saturated carbocycles. The van der Waals surface area contributed by atoms with Gasteiger partial charge in [0.15, 0.2) is 0 Å². The minimum atomic E-state index is -0.456. The van der Waals surface area contributed by atoms with E-state index in [1.54, 1.807) is 12.5 Å². The first-order chi connectivity index (χ1) is 14.7. The first-order valence-electron chi connectivity index (χ1n) is 10.8. The molecule has 4 aromatic rings. The van der Waals surface area contributed by atoms with Gasteiger partial charge in [-0.3, -0.25) is 0 Å². The van der Waals surface area contributed by atoms with Crippen molar-refractivity contribution >= 4 is 10.9 Å². The van der Waals surface area contributed by atoms with E-state index in [0.717, 1.165) is 60.4 Å². The molecule has 3 nitrogen and oxygen atoms in total. The molecule has 0 bridgehead atoms.